The van der Waals surface area contributed by atoms with Gasteiger partial charge in [0.15, 0.2) is 0 Å². The van der Waals surface area contributed by atoms with E-state index in [1.807, 2.05) is 13.8 Å². The van der Waals surface area contributed by atoms with E-state index in [4.69, 9.17) is 0 Å². The molecule has 0 aliphatic carbocycles. The minimum absolute atomic E-state index is 0.0753. The molecule has 4 N–H and O–H groups in total. The molecular formula is C16H26N4O2. The van der Waals surface area contributed by atoms with Crippen LogP contribution in [0.3, 0.4) is 0 Å². The van der Waals surface area contributed by atoms with Crippen molar-refractivity contribution in [3.8, 4) is 0 Å². The lowest BCUT2D eigenvalue weighted by Crippen LogP contribution is -2.34. The smallest absolute Gasteiger partial charge is 0.319 e. The van der Waals surface area contributed by atoms with Gasteiger partial charge in [0.2, 0.25) is 0 Å². The van der Waals surface area contributed by atoms with E-state index >= 15 is 0 Å². The summed E-state index contributed by atoms with van der Waals surface area (Å²) in [6.07, 6.45) is 1.08. The molecule has 0 aliphatic heterocycles. The van der Waals surface area contributed by atoms with Crippen molar-refractivity contribution in [3.05, 3.63) is 29.8 Å². The summed E-state index contributed by atoms with van der Waals surface area (Å²) in [5, 5.41) is 11.5. The van der Waals surface area contributed by atoms with Crippen LogP contribution in [0.4, 0.5) is 10.5 Å². The first-order chi connectivity index (χ1) is 10.5. The molecule has 0 unspecified atom stereocenters. The highest BCUT2D eigenvalue weighted by Crippen LogP contribution is 2.09. The maximum absolute atomic E-state index is 11.9. The first kappa shape index (κ1) is 18.0. The maximum atomic E-state index is 11.9. The third kappa shape index (κ3) is 7.08. The fourth-order valence-corrected chi connectivity index (χ4v) is 1.80. The van der Waals surface area contributed by atoms with E-state index in [-0.39, 0.29) is 18.0 Å². The molecule has 0 fully saturated rings. The van der Waals surface area contributed by atoms with Gasteiger partial charge in [0, 0.05) is 30.4 Å². The first-order valence-corrected chi connectivity index (χ1v) is 7.69. The standard InChI is InChI=1S/C16H26N4O2/c1-4-9-17-10-11-18-15(21)13-5-7-14(8-6-13)20-16(22)19-12(2)3/h5-8,12,17H,4,9-11H2,1-3H3,(H,18,21)(H2,19,20,22). The fraction of sp³-hybridized carbons (Fsp3) is 0.500. The zero-order chi connectivity index (χ0) is 16.4. The maximum Gasteiger partial charge on any atom is 0.319 e. The minimum Gasteiger partial charge on any atom is -0.351 e. The molecule has 122 valence electrons. The van der Waals surface area contributed by atoms with E-state index in [0.717, 1.165) is 19.5 Å². The van der Waals surface area contributed by atoms with Crippen LogP contribution in [0.2, 0.25) is 0 Å². The summed E-state index contributed by atoms with van der Waals surface area (Å²) < 4.78 is 0. The molecule has 3 amide bonds. The van der Waals surface area contributed by atoms with Crippen LogP contribution in [0.25, 0.3) is 0 Å². The van der Waals surface area contributed by atoms with Crippen molar-refractivity contribution in [2.75, 3.05) is 25.0 Å². The number of hydrogen-bond donors (Lipinski definition) is 4. The van der Waals surface area contributed by atoms with Crippen LogP contribution in [-0.2, 0) is 0 Å². The first-order valence-electron chi connectivity index (χ1n) is 7.69. The summed E-state index contributed by atoms with van der Waals surface area (Å²) in [4.78, 5) is 23.5. The third-order valence-electron chi connectivity index (χ3n) is 2.84. The van der Waals surface area contributed by atoms with Crippen molar-refractivity contribution in [1.29, 1.82) is 0 Å². The van der Waals surface area contributed by atoms with Crippen LogP contribution in [0, 0.1) is 0 Å². The molecule has 0 aliphatic rings. The lowest BCUT2D eigenvalue weighted by Gasteiger charge is -2.10. The molecule has 0 heterocycles. The number of benzene rings is 1. The molecule has 1 aromatic rings. The normalized spacial score (nSPS) is 10.4. The highest BCUT2D eigenvalue weighted by atomic mass is 16.2. The van der Waals surface area contributed by atoms with Gasteiger partial charge in [-0.15, -0.1) is 0 Å². The highest BCUT2D eigenvalue weighted by Gasteiger charge is 2.06. The summed E-state index contributed by atoms with van der Waals surface area (Å²) in [5.74, 6) is -0.114. The molecule has 0 saturated carbocycles. The highest BCUT2D eigenvalue weighted by molar-refractivity contribution is 5.95. The summed E-state index contributed by atoms with van der Waals surface area (Å²) in [6.45, 7) is 8.19. The Balaban J connectivity index is 2.40. The number of carbonyl (C=O) groups is 2. The van der Waals surface area contributed by atoms with Gasteiger partial charge in [0.25, 0.3) is 5.91 Å². The molecule has 6 heteroatoms. The van der Waals surface area contributed by atoms with Crippen LogP contribution in [0.5, 0.6) is 0 Å². The van der Waals surface area contributed by atoms with Crippen molar-refractivity contribution in [3.63, 3.8) is 0 Å². The Morgan fingerprint density at radius 3 is 2.32 bits per heavy atom. The van der Waals surface area contributed by atoms with Gasteiger partial charge in [-0.3, -0.25) is 4.79 Å². The number of amides is 3. The molecule has 0 atom stereocenters. The number of rotatable bonds is 8. The molecule has 0 bridgehead atoms. The Morgan fingerprint density at radius 2 is 1.73 bits per heavy atom. The number of nitrogens with one attached hydrogen (secondary N) is 4. The van der Waals surface area contributed by atoms with Crippen LogP contribution in [0.1, 0.15) is 37.6 Å². The molecule has 0 spiro atoms. The number of urea groups is 1. The quantitative estimate of drug-likeness (QED) is 0.554. The average Bonchev–Trinajstić information content (AvgIpc) is 2.46. The van der Waals surface area contributed by atoms with Gasteiger partial charge in [-0.1, -0.05) is 6.92 Å². The van der Waals surface area contributed by atoms with Crippen LogP contribution < -0.4 is 21.3 Å². The third-order valence-corrected chi connectivity index (χ3v) is 2.84. The Bertz CT molecular complexity index is 472. The Kier molecular flexibility index (Phi) is 7.99. The van der Waals surface area contributed by atoms with E-state index in [0.29, 0.717) is 17.8 Å². The Morgan fingerprint density at radius 1 is 1.05 bits per heavy atom. The monoisotopic (exact) mass is 306 g/mol. The van der Waals surface area contributed by atoms with Crippen molar-refractivity contribution in [2.45, 2.75) is 33.2 Å². The minimum atomic E-state index is -0.255. The van der Waals surface area contributed by atoms with E-state index in [2.05, 4.69) is 28.2 Å². The molecule has 1 rings (SSSR count). The van der Waals surface area contributed by atoms with Gasteiger partial charge in [-0.2, -0.15) is 0 Å². The molecule has 6 nitrogen and oxygen atoms in total. The van der Waals surface area contributed by atoms with Gasteiger partial charge >= 0.3 is 6.03 Å². The molecule has 0 aromatic heterocycles. The molecule has 0 radical (unpaired) electrons. The summed E-state index contributed by atoms with van der Waals surface area (Å²) in [6, 6.07) is 6.63. The van der Waals surface area contributed by atoms with Crippen LogP contribution in [-0.4, -0.2) is 37.6 Å². The average molecular weight is 306 g/mol. The van der Waals surface area contributed by atoms with E-state index in [1.165, 1.54) is 0 Å². The SMILES string of the molecule is CCCNCCNC(=O)c1ccc(NC(=O)NC(C)C)cc1. The van der Waals surface area contributed by atoms with Crippen LogP contribution >= 0.6 is 0 Å². The second-order valence-electron chi connectivity index (χ2n) is 5.34. The van der Waals surface area contributed by atoms with Gasteiger partial charge in [-0.25, -0.2) is 4.79 Å². The second kappa shape index (κ2) is 9.78. The fourth-order valence-electron chi connectivity index (χ4n) is 1.80. The molecule has 22 heavy (non-hydrogen) atoms. The summed E-state index contributed by atoms with van der Waals surface area (Å²) in [7, 11) is 0. The van der Waals surface area contributed by atoms with Gasteiger partial charge < -0.3 is 21.3 Å². The lowest BCUT2D eigenvalue weighted by molar-refractivity contribution is 0.0954. The van der Waals surface area contributed by atoms with Crippen LogP contribution in [0.15, 0.2) is 24.3 Å². The lowest BCUT2D eigenvalue weighted by atomic mass is 10.2. The van der Waals surface area contributed by atoms with Gasteiger partial charge in [0.1, 0.15) is 0 Å². The Labute approximate surface area is 132 Å². The van der Waals surface area contributed by atoms with Crippen molar-refractivity contribution in [1.82, 2.24) is 16.0 Å². The predicted molar refractivity (Wildman–Crippen MR) is 89.2 cm³/mol. The zero-order valence-electron chi connectivity index (χ0n) is 13.5. The number of anilines is 1. The van der Waals surface area contributed by atoms with Gasteiger partial charge in [-0.05, 0) is 51.1 Å². The Hall–Kier alpha value is -2.08. The molecule has 0 saturated heterocycles. The van der Waals surface area contributed by atoms with E-state index in [9.17, 15) is 9.59 Å². The predicted octanol–water partition coefficient (Wildman–Crippen LogP) is 1.95. The number of carbonyl (C=O) groups excluding carboxylic acids is 2. The molecule has 1 aromatic carbocycles. The number of hydrogen-bond acceptors (Lipinski definition) is 3. The summed E-state index contributed by atoms with van der Waals surface area (Å²) >= 11 is 0. The van der Waals surface area contributed by atoms with Crippen molar-refractivity contribution < 1.29 is 9.59 Å². The van der Waals surface area contributed by atoms with Crippen molar-refractivity contribution >= 4 is 17.6 Å². The van der Waals surface area contributed by atoms with Gasteiger partial charge in [0.05, 0.1) is 0 Å². The topological polar surface area (TPSA) is 82.3 Å². The zero-order valence-corrected chi connectivity index (χ0v) is 13.5. The second-order valence-corrected chi connectivity index (χ2v) is 5.34. The van der Waals surface area contributed by atoms with E-state index in [1.54, 1.807) is 24.3 Å². The summed E-state index contributed by atoms with van der Waals surface area (Å²) in [5.41, 5.74) is 1.23. The van der Waals surface area contributed by atoms with Crippen molar-refractivity contribution in [2.24, 2.45) is 0 Å². The van der Waals surface area contributed by atoms with E-state index < -0.39 is 0 Å². The molecular weight excluding hydrogens is 280 g/mol. The largest absolute Gasteiger partial charge is 0.351 e.